The molecule has 8 nitrogen and oxygen atoms in total. The number of Topliss-reactive ketones (excluding diaryl/α,β-unsaturated/α-hetero) is 2. The van der Waals surface area contributed by atoms with E-state index in [1.165, 1.54) is 5.37 Å². The highest BCUT2D eigenvalue weighted by molar-refractivity contribution is 7.79. The van der Waals surface area contributed by atoms with Gasteiger partial charge < -0.3 is 23.8 Å². The Bertz CT molecular complexity index is 979. The second-order valence-electron chi connectivity index (χ2n) is 13.1. The first-order chi connectivity index (χ1) is 18.4. The molecule has 2 aliphatic heterocycles. The van der Waals surface area contributed by atoms with Crippen LogP contribution >= 0.6 is 12.2 Å². The van der Waals surface area contributed by atoms with E-state index in [0.717, 1.165) is 6.42 Å². The second kappa shape index (κ2) is 13.6. The molecule has 0 saturated carbocycles. The van der Waals surface area contributed by atoms with Crippen LogP contribution in [0.2, 0.25) is 0 Å². The first-order valence-electron chi connectivity index (χ1n) is 14.3. The maximum absolute atomic E-state index is 13.8. The summed E-state index contributed by atoms with van der Waals surface area (Å²) in [4.78, 5) is 42.7. The van der Waals surface area contributed by atoms with Crippen LogP contribution in [0.1, 0.15) is 75.2 Å². The fourth-order valence-electron chi connectivity index (χ4n) is 6.26. The summed E-state index contributed by atoms with van der Waals surface area (Å²) >= 11 is 5.29. The van der Waals surface area contributed by atoms with Crippen molar-refractivity contribution in [2.75, 3.05) is 21.2 Å². The molecule has 0 N–H and O–H groups in total. The molecule has 9 heteroatoms. The second-order valence-corrected chi connectivity index (χ2v) is 13.3. The lowest BCUT2D eigenvalue weighted by Gasteiger charge is -2.47. The molecule has 2 heterocycles. The molecule has 10 atom stereocenters. The number of thiocarbonyl (C=S) groups is 1. The third kappa shape index (κ3) is 7.65. The molecule has 0 bridgehead atoms. The Morgan fingerprint density at radius 2 is 1.68 bits per heavy atom. The monoisotopic (exact) mass is 581 g/mol. The van der Waals surface area contributed by atoms with Crippen molar-refractivity contribution in [1.29, 1.82) is 0 Å². The van der Waals surface area contributed by atoms with E-state index >= 15 is 0 Å². The summed E-state index contributed by atoms with van der Waals surface area (Å²) in [6.45, 7) is 16.6. The van der Waals surface area contributed by atoms with E-state index in [1.807, 2.05) is 48.7 Å². The molecule has 0 radical (unpaired) electrons. The van der Waals surface area contributed by atoms with Gasteiger partial charge in [-0.3, -0.25) is 14.4 Å². The number of esters is 1. The van der Waals surface area contributed by atoms with Gasteiger partial charge in [-0.15, -0.1) is 0 Å². The molecule has 0 aromatic rings. The van der Waals surface area contributed by atoms with Crippen molar-refractivity contribution >= 4 is 35.1 Å². The molecule has 0 amide bonds. The predicted molar refractivity (Wildman–Crippen MR) is 159 cm³/mol. The molecule has 0 aromatic carbocycles. The van der Waals surface area contributed by atoms with Crippen molar-refractivity contribution in [2.24, 2.45) is 28.6 Å². The van der Waals surface area contributed by atoms with E-state index < -0.39 is 53.2 Å². The average Bonchev–Trinajstić information content (AvgIpc) is 2.88. The Morgan fingerprint density at radius 1 is 1.07 bits per heavy atom. The molecular weight excluding hydrogens is 530 g/mol. The molecule has 0 spiro atoms. The zero-order chi connectivity index (χ0) is 30.7. The number of cyclic esters (lactones) is 1. The van der Waals surface area contributed by atoms with E-state index in [9.17, 15) is 14.4 Å². The SMILES string of the molecule is COC1C(OC2[C@@H](C)C(=O)[C@@H](C)C(=O)O[C@H](C)C(C)(C=S)/C=C(\C)C(=O)C(C)CC2(C)C)O[C@H](C)CC1N(C)C. The number of likely N-dealkylation sites (N-methyl/N-ethyl adjacent to an activating group) is 1. The number of carbonyl (C=O) groups is 3. The fourth-order valence-corrected chi connectivity index (χ4v) is 6.52. The van der Waals surface area contributed by atoms with Crippen LogP contribution in [0.15, 0.2) is 11.6 Å². The Balaban J connectivity index is 2.59. The number of hydrogen-bond donors (Lipinski definition) is 0. The van der Waals surface area contributed by atoms with Gasteiger partial charge in [-0.2, -0.15) is 0 Å². The van der Waals surface area contributed by atoms with Crippen molar-refractivity contribution in [2.45, 2.75) is 112 Å². The van der Waals surface area contributed by atoms with E-state index in [4.69, 9.17) is 31.2 Å². The highest BCUT2D eigenvalue weighted by Crippen LogP contribution is 2.40. The fraction of sp³-hybridized carbons (Fsp3) is 0.806. The maximum Gasteiger partial charge on any atom is 0.316 e. The third-order valence-corrected chi connectivity index (χ3v) is 9.38. The van der Waals surface area contributed by atoms with Gasteiger partial charge in [0.25, 0.3) is 0 Å². The van der Waals surface area contributed by atoms with Gasteiger partial charge >= 0.3 is 5.97 Å². The topological polar surface area (TPSA) is 91.4 Å². The van der Waals surface area contributed by atoms with Crippen LogP contribution in [0.5, 0.6) is 0 Å². The molecular formula is C31H51NO7S. The van der Waals surface area contributed by atoms with Crippen LogP contribution in [0.4, 0.5) is 0 Å². The molecule has 0 aromatic heterocycles. The Kier molecular flexibility index (Phi) is 11.8. The maximum atomic E-state index is 13.8. The summed E-state index contributed by atoms with van der Waals surface area (Å²) in [5, 5.41) is 1.51. The molecule has 2 aliphatic rings. The van der Waals surface area contributed by atoms with E-state index in [-0.39, 0.29) is 29.6 Å². The minimum atomic E-state index is -1.01. The lowest BCUT2D eigenvalue weighted by molar-refractivity contribution is -0.289. The highest BCUT2D eigenvalue weighted by Gasteiger charge is 2.48. The summed E-state index contributed by atoms with van der Waals surface area (Å²) in [5.41, 5.74) is -0.939. The normalized spacial score (nSPS) is 41.6. The quantitative estimate of drug-likeness (QED) is 0.258. The first kappa shape index (κ1) is 34.7. The molecule has 6 unspecified atom stereocenters. The summed E-state index contributed by atoms with van der Waals surface area (Å²) in [7, 11) is 5.62. The van der Waals surface area contributed by atoms with Crippen LogP contribution in [-0.2, 0) is 33.3 Å². The van der Waals surface area contributed by atoms with Crippen molar-refractivity contribution in [3.05, 3.63) is 11.6 Å². The van der Waals surface area contributed by atoms with Gasteiger partial charge in [0.15, 0.2) is 17.9 Å². The molecule has 1 saturated heterocycles. The molecule has 40 heavy (non-hydrogen) atoms. The summed E-state index contributed by atoms with van der Waals surface area (Å²) in [6.07, 6.45) is 0.449. The smallest absolute Gasteiger partial charge is 0.316 e. The summed E-state index contributed by atoms with van der Waals surface area (Å²) in [6, 6.07) is 0.0468. The zero-order valence-electron chi connectivity index (χ0n) is 26.5. The Hall–Kier alpha value is -1.52. The number of allylic oxidation sites excluding steroid dienone is 1. The van der Waals surface area contributed by atoms with Gasteiger partial charge in [-0.1, -0.05) is 46.0 Å². The third-order valence-electron chi connectivity index (χ3n) is 8.88. The number of methoxy groups -OCH3 is 1. The van der Waals surface area contributed by atoms with Gasteiger partial charge in [-0.05, 0) is 77.9 Å². The van der Waals surface area contributed by atoms with Gasteiger partial charge in [0.05, 0.1) is 17.6 Å². The summed E-state index contributed by atoms with van der Waals surface area (Å²) in [5.74, 6) is -3.00. The van der Waals surface area contributed by atoms with Crippen LogP contribution in [0.25, 0.3) is 0 Å². The predicted octanol–water partition coefficient (Wildman–Crippen LogP) is 4.81. The standard InChI is InChI=1S/C31H51NO7S/c1-17-14-30(7,8)27(39-29-26(36-12)23(32(10)11)13-19(3)37-29)20(4)25(34)21(5)28(35)38-22(6)31(9,16-40)15-18(2)24(17)33/h15-17,19-23,26-27,29H,13-14H2,1-12H3/b18-15+/t17?,19-,20+,21-,22-,23?,26?,27?,29?,31?/m1/s1. The Labute approximate surface area is 246 Å². The van der Waals surface area contributed by atoms with Crippen LogP contribution < -0.4 is 0 Å². The highest BCUT2D eigenvalue weighted by atomic mass is 32.1. The lowest BCUT2D eigenvalue weighted by atomic mass is 9.70. The zero-order valence-corrected chi connectivity index (χ0v) is 27.3. The van der Waals surface area contributed by atoms with Crippen LogP contribution in [0, 0.1) is 28.6 Å². The number of ketones is 2. The summed E-state index contributed by atoms with van der Waals surface area (Å²) < 4.78 is 24.6. The first-order valence-corrected chi connectivity index (χ1v) is 14.8. The van der Waals surface area contributed by atoms with Gasteiger partial charge in [-0.25, -0.2) is 0 Å². The van der Waals surface area contributed by atoms with E-state index in [1.54, 1.807) is 40.9 Å². The largest absolute Gasteiger partial charge is 0.461 e. The van der Waals surface area contributed by atoms with Crippen molar-refractivity contribution < 1.29 is 33.3 Å². The molecule has 0 aliphatic carbocycles. The van der Waals surface area contributed by atoms with Crippen molar-refractivity contribution in [3.63, 3.8) is 0 Å². The van der Waals surface area contributed by atoms with E-state index in [2.05, 4.69) is 4.90 Å². The van der Waals surface area contributed by atoms with E-state index in [0.29, 0.717) is 12.0 Å². The van der Waals surface area contributed by atoms with Crippen LogP contribution in [-0.4, -0.2) is 85.8 Å². The number of carbonyl (C=O) groups excluding carboxylic acids is 3. The minimum absolute atomic E-state index is 0.0252. The number of hydrogen-bond acceptors (Lipinski definition) is 9. The van der Waals surface area contributed by atoms with Gasteiger partial charge in [0.1, 0.15) is 18.1 Å². The van der Waals surface area contributed by atoms with Gasteiger partial charge in [0.2, 0.25) is 0 Å². The van der Waals surface area contributed by atoms with Crippen molar-refractivity contribution in [1.82, 2.24) is 4.90 Å². The lowest BCUT2D eigenvalue weighted by Crippen LogP contribution is -2.57. The minimum Gasteiger partial charge on any atom is -0.461 e. The van der Waals surface area contributed by atoms with Crippen LogP contribution in [0.3, 0.4) is 0 Å². The number of rotatable bonds is 5. The van der Waals surface area contributed by atoms with Gasteiger partial charge in [0, 0.05) is 25.0 Å². The molecule has 228 valence electrons. The molecule has 2 rings (SSSR count). The van der Waals surface area contributed by atoms with Crippen molar-refractivity contribution in [3.8, 4) is 0 Å². The number of ether oxygens (including phenoxy) is 4. The number of nitrogens with zero attached hydrogens (tertiary/aromatic N) is 1. The molecule has 1 fully saturated rings. The Morgan fingerprint density at radius 3 is 2.20 bits per heavy atom. The average molecular weight is 582 g/mol.